The number of hydrogen-bond acceptors (Lipinski definition) is 10. The van der Waals surface area contributed by atoms with Gasteiger partial charge in [0.2, 0.25) is 0 Å². The summed E-state index contributed by atoms with van der Waals surface area (Å²) in [4.78, 5) is 53.1. The molecule has 1 aliphatic heterocycles. The van der Waals surface area contributed by atoms with Gasteiger partial charge in [0.15, 0.2) is 0 Å². The first-order chi connectivity index (χ1) is 19.6. The molecule has 0 unspecified atom stereocenters. The minimum atomic E-state index is -2.29. The van der Waals surface area contributed by atoms with Crippen LogP contribution in [0.25, 0.3) is 0 Å². The number of furan rings is 1. The van der Waals surface area contributed by atoms with Crippen molar-refractivity contribution < 1.29 is 48.0 Å². The summed E-state index contributed by atoms with van der Waals surface area (Å²) in [5, 5.41) is 25.6. The molecular weight excluding hydrogens is 544 g/mol. The third-order valence-corrected chi connectivity index (χ3v) is 10.8. The zero-order valence-electron chi connectivity index (χ0n) is 24.8. The third kappa shape index (κ3) is 3.84. The quantitative estimate of drug-likeness (QED) is 0.228. The van der Waals surface area contributed by atoms with Crippen LogP contribution in [0.3, 0.4) is 0 Å². The van der Waals surface area contributed by atoms with Crippen LogP contribution < -0.4 is 0 Å². The molecule has 5 rings (SSSR count). The summed E-state index contributed by atoms with van der Waals surface area (Å²) in [5.74, 6) is -3.25. The molecule has 226 valence electrons. The molecular formula is C32H38O10. The predicted molar refractivity (Wildman–Crippen MR) is 147 cm³/mol. The number of fused-ring (bicyclic) bond motifs is 6. The lowest BCUT2D eigenvalue weighted by Crippen LogP contribution is -2.72. The first-order valence-corrected chi connectivity index (χ1v) is 14.2. The van der Waals surface area contributed by atoms with Crippen LogP contribution in [0.15, 0.2) is 58.5 Å². The van der Waals surface area contributed by atoms with Gasteiger partial charge < -0.3 is 28.8 Å². The highest BCUT2D eigenvalue weighted by Crippen LogP contribution is 2.69. The molecule has 2 fully saturated rings. The Morgan fingerprint density at radius 3 is 2.50 bits per heavy atom. The number of aliphatic hydroxyl groups is 2. The number of carbonyl (C=O) groups excluding carboxylic acids is 4. The number of carbonyl (C=O) groups is 4. The smallest absolute Gasteiger partial charge is 0.333 e. The van der Waals surface area contributed by atoms with Crippen LogP contribution in [0, 0.1) is 22.2 Å². The second-order valence-electron chi connectivity index (χ2n) is 12.8. The number of Topliss-reactive ketones (excluding diaryl/α,β-unsaturated/α-hetero) is 1. The summed E-state index contributed by atoms with van der Waals surface area (Å²) in [5.41, 5.74) is -7.19. The van der Waals surface area contributed by atoms with Crippen molar-refractivity contribution >= 4 is 23.7 Å². The van der Waals surface area contributed by atoms with Crippen LogP contribution in [0.2, 0.25) is 0 Å². The molecule has 0 radical (unpaired) electrons. The second-order valence-corrected chi connectivity index (χ2v) is 12.8. The number of hydrogen-bond donors (Lipinski definition) is 2. The molecule has 0 amide bonds. The molecule has 2 saturated carbocycles. The zero-order valence-corrected chi connectivity index (χ0v) is 24.8. The molecule has 1 aromatic heterocycles. The van der Waals surface area contributed by atoms with Gasteiger partial charge in [0.05, 0.1) is 31.5 Å². The van der Waals surface area contributed by atoms with Crippen LogP contribution in [0.5, 0.6) is 0 Å². The average molecular weight is 583 g/mol. The fourth-order valence-corrected chi connectivity index (χ4v) is 8.07. The fourth-order valence-electron chi connectivity index (χ4n) is 8.07. The Morgan fingerprint density at radius 1 is 1.17 bits per heavy atom. The standard InChI is InChI=1S/C32H38O10/c1-7-18(2)27(36)41-23-8-10-31(37)21-15-25(35)42-26(19-9-13-40-17-19)28(21,3)11-12-32(31,38)30(5)20(14-24(34)39-6)29(23,4)16-22(30)33/h7-10,13,15,17,20,23,26,37-38H,11-12,14,16H2,1-6H3/b10-8-,18-7+/t20-,23+,26-,28+,29-,30-,31-,32-/m0/s1. The molecule has 2 bridgehead atoms. The van der Waals surface area contributed by atoms with E-state index >= 15 is 0 Å². The maximum Gasteiger partial charge on any atom is 0.333 e. The first-order valence-electron chi connectivity index (χ1n) is 14.2. The van der Waals surface area contributed by atoms with Crippen molar-refractivity contribution in [3.05, 3.63) is 59.6 Å². The van der Waals surface area contributed by atoms with E-state index in [1.807, 2.05) is 6.92 Å². The van der Waals surface area contributed by atoms with E-state index in [2.05, 4.69) is 0 Å². The molecule has 0 aromatic carbocycles. The van der Waals surface area contributed by atoms with E-state index in [4.69, 9.17) is 18.6 Å². The highest BCUT2D eigenvalue weighted by molar-refractivity contribution is 5.93. The van der Waals surface area contributed by atoms with Gasteiger partial charge in [0.25, 0.3) is 0 Å². The van der Waals surface area contributed by atoms with Crippen molar-refractivity contribution in [3.8, 4) is 0 Å². The molecule has 4 aliphatic rings. The Labute approximate surface area is 244 Å². The van der Waals surface area contributed by atoms with Gasteiger partial charge >= 0.3 is 17.9 Å². The molecule has 3 aliphatic carbocycles. The van der Waals surface area contributed by atoms with Gasteiger partial charge in [-0.2, -0.15) is 0 Å². The number of esters is 3. The number of cyclic esters (lactones) is 1. The van der Waals surface area contributed by atoms with E-state index in [1.165, 1.54) is 37.9 Å². The summed E-state index contributed by atoms with van der Waals surface area (Å²) in [6, 6.07) is 1.67. The summed E-state index contributed by atoms with van der Waals surface area (Å²) in [6.45, 7) is 8.44. The normalized spacial score (nSPS) is 41.9. The van der Waals surface area contributed by atoms with Crippen LogP contribution in [0.4, 0.5) is 0 Å². The lowest BCUT2D eigenvalue weighted by atomic mass is 9.45. The molecule has 0 saturated heterocycles. The molecule has 2 heterocycles. The maximum atomic E-state index is 14.2. The van der Waals surface area contributed by atoms with E-state index in [0.717, 1.165) is 0 Å². The van der Waals surface area contributed by atoms with Gasteiger partial charge in [-0.3, -0.25) is 9.59 Å². The number of rotatable bonds is 5. The number of ether oxygens (including phenoxy) is 3. The Bertz CT molecular complexity index is 1420. The van der Waals surface area contributed by atoms with Crippen molar-refractivity contribution in [2.24, 2.45) is 22.2 Å². The minimum Gasteiger partial charge on any atom is -0.472 e. The van der Waals surface area contributed by atoms with Gasteiger partial charge in [-0.15, -0.1) is 0 Å². The van der Waals surface area contributed by atoms with Crippen molar-refractivity contribution in [1.82, 2.24) is 0 Å². The molecule has 8 atom stereocenters. The van der Waals surface area contributed by atoms with Crippen LogP contribution >= 0.6 is 0 Å². The van der Waals surface area contributed by atoms with E-state index in [-0.39, 0.29) is 37.0 Å². The van der Waals surface area contributed by atoms with Crippen molar-refractivity contribution in [1.29, 1.82) is 0 Å². The van der Waals surface area contributed by atoms with Gasteiger partial charge in [0.1, 0.15) is 29.2 Å². The largest absolute Gasteiger partial charge is 0.472 e. The van der Waals surface area contributed by atoms with Gasteiger partial charge in [-0.05, 0) is 63.3 Å². The minimum absolute atomic E-state index is 0.0638. The van der Waals surface area contributed by atoms with Crippen molar-refractivity contribution in [2.75, 3.05) is 7.11 Å². The maximum absolute atomic E-state index is 14.2. The zero-order chi connectivity index (χ0) is 30.9. The van der Waals surface area contributed by atoms with Crippen LogP contribution in [-0.2, 0) is 33.4 Å². The monoisotopic (exact) mass is 582 g/mol. The lowest BCUT2D eigenvalue weighted by Gasteiger charge is -2.62. The molecule has 2 N–H and O–H groups in total. The predicted octanol–water partition coefficient (Wildman–Crippen LogP) is 3.68. The molecule has 10 heteroatoms. The van der Waals surface area contributed by atoms with Gasteiger partial charge in [-0.25, -0.2) is 9.59 Å². The van der Waals surface area contributed by atoms with E-state index in [9.17, 15) is 29.4 Å². The average Bonchev–Trinajstić information content (AvgIpc) is 3.56. The van der Waals surface area contributed by atoms with E-state index in [1.54, 1.807) is 39.8 Å². The lowest BCUT2D eigenvalue weighted by molar-refractivity contribution is -0.229. The molecule has 42 heavy (non-hydrogen) atoms. The van der Waals surface area contributed by atoms with Crippen molar-refractivity contribution in [2.45, 2.75) is 83.7 Å². The third-order valence-electron chi connectivity index (χ3n) is 10.8. The summed E-state index contributed by atoms with van der Waals surface area (Å²) < 4.78 is 22.0. The molecule has 0 spiro atoms. The summed E-state index contributed by atoms with van der Waals surface area (Å²) >= 11 is 0. The first kappa shape index (κ1) is 30.0. The molecule has 10 nitrogen and oxygen atoms in total. The Morgan fingerprint density at radius 2 is 1.88 bits per heavy atom. The fraction of sp³-hybridized carbons (Fsp3) is 0.562. The van der Waals surface area contributed by atoms with E-state index < -0.39 is 63.5 Å². The number of ketones is 1. The SMILES string of the molecule is C/C=C(\C)C(=O)O[C@@H]1/C=C\[C@]2(O)C3=CC(=O)O[C@@H](c4ccoc4)[C@]3(C)CC[C@]2(O)[C@]2(C)C(=O)C[C@@]1(C)[C@@H]2CC(=O)OC. The second kappa shape index (κ2) is 9.77. The van der Waals surface area contributed by atoms with Gasteiger partial charge in [-0.1, -0.05) is 19.9 Å². The summed E-state index contributed by atoms with van der Waals surface area (Å²) in [6.07, 6.45) is 6.39. The molecule has 1 aromatic rings. The topological polar surface area (TPSA) is 150 Å². The van der Waals surface area contributed by atoms with Crippen LogP contribution in [0.1, 0.15) is 72.0 Å². The van der Waals surface area contributed by atoms with Crippen molar-refractivity contribution in [3.63, 3.8) is 0 Å². The number of methoxy groups -OCH3 is 1. The summed E-state index contributed by atoms with van der Waals surface area (Å²) in [7, 11) is 1.23. The number of allylic oxidation sites excluding steroid dienone is 1. The Hall–Kier alpha value is -3.50. The van der Waals surface area contributed by atoms with E-state index in [0.29, 0.717) is 11.1 Å². The Balaban J connectivity index is 1.76. The highest BCUT2D eigenvalue weighted by atomic mass is 16.6. The highest BCUT2D eigenvalue weighted by Gasteiger charge is 2.77. The van der Waals surface area contributed by atoms with Crippen LogP contribution in [-0.4, -0.2) is 58.3 Å². The Kier molecular flexibility index (Phi) is 6.97. The van der Waals surface area contributed by atoms with Gasteiger partial charge in [0, 0.05) is 34.5 Å².